The number of anilines is 2. The summed E-state index contributed by atoms with van der Waals surface area (Å²) >= 11 is 1.74. The normalized spacial score (nSPS) is 16.8. The number of rotatable bonds is 10. The van der Waals surface area contributed by atoms with Gasteiger partial charge < -0.3 is 15.5 Å². The topological polar surface area (TPSA) is 70.2 Å². The van der Waals surface area contributed by atoms with Gasteiger partial charge in [0.15, 0.2) is 0 Å². The second-order valence-electron chi connectivity index (χ2n) is 7.36. The number of piperidine rings is 1. The highest BCUT2D eigenvalue weighted by Gasteiger charge is 2.22. The highest BCUT2D eigenvalue weighted by atomic mass is 32.1. The average Bonchev–Trinajstić information content (AvgIpc) is 3.25. The summed E-state index contributed by atoms with van der Waals surface area (Å²) in [5.41, 5.74) is 0. The molecule has 6 nitrogen and oxygen atoms in total. The largest absolute Gasteiger partial charge is 0.370 e. The van der Waals surface area contributed by atoms with Crippen molar-refractivity contribution in [3.8, 4) is 0 Å². The highest BCUT2D eigenvalue weighted by Crippen LogP contribution is 2.25. The first-order valence-electron chi connectivity index (χ1n) is 10.3. The maximum Gasteiger partial charge on any atom is 0.220 e. The van der Waals surface area contributed by atoms with E-state index in [9.17, 15) is 4.79 Å². The van der Waals surface area contributed by atoms with Gasteiger partial charge in [0.25, 0.3) is 0 Å². The Hall–Kier alpha value is -2.15. The molecule has 2 N–H and O–H groups in total. The molecular formula is C21H31N5OS. The van der Waals surface area contributed by atoms with Crippen LogP contribution in [0.4, 0.5) is 11.6 Å². The molecule has 1 amide bonds. The van der Waals surface area contributed by atoms with Crippen LogP contribution < -0.4 is 15.5 Å². The Bertz CT molecular complexity index is 721. The van der Waals surface area contributed by atoms with Crippen LogP contribution in [-0.4, -0.2) is 42.1 Å². The summed E-state index contributed by atoms with van der Waals surface area (Å²) < 4.78 is 0. The Balaban J connectivity index is 1.41. The smallest absolute Gasteiger partial charge is 0.220 e. The van der Waals surface area contributed by atoms with Crippen molar-refractivity contribution in [2.45, 2.75) is 45.4 Å². The van der Waals surface area contributed by atoms with E-state index in [-0.39, 0.29) is 5.91 Å². The van der Waals surface area contributed by atoms with E-state index in [4.69, 9.17) is 0 Å². The third kappa shape index (κ3) is 6.48. The van der Waals surface area contributed by atoms with Gasteiger partial charge in [0.2, 0.25) is 5.91 Å². The van der Waals surface area contributed by atoms with Crippen LogP contribution >= 0.6 is 11.3 Å². The second kappa shape index (κ2) is 11.0. The maximum atomic E-state index is 12.2. The third-order valence-electron chi connectivity index (χ3n) is 5.11. The van der Waals surface area contributed by atoms with Gasteiger partial charge in [0.05, 0.1) is 0 Å². The van der Waals surface area contributed by atoms with Crippen LogP contribution in [0.2, 0.25) is 0 Å². The molecule has 1 fully saturated rings. The van der Waals surface area contributed by atoms with Crippen molar-refractivity contribution in [1.82, 2.24) is 15.3 Å². The number of carbonyl (C=O) groups excluding carboxylic acids is 1. The fourth-order valence-corrected chi connectivity index (χ4v) is 4.29. The zero-order valence-electron chi connectivity index (χ0n) is 16.7. The Morgan fingerprint density at radius 2 is 2.29 bits per heavy atom. The van der Waals surface area contributed by atoms with E-state index in [1.54, 1.807) is 17.7 Å². The molecule has 1 saturated heterocycles. The van der Waals surface area contributed by atoms with Gasteiger partial charge in [-0.2, -0.15) is 0 Å². The fraction of sp³-hybridized carbons (Fsp3) is 0.571. The van der Waals surface area contributed by atoms with Gasteiger partial charge in [-0.05, 0) is 49.5 Å². The molecule has 152 valence electrons. The van der Waals surface area contributed by atoms with Crippen molar-refractivity contribution in [3.63, 3.8) is 0 Å². The Kier molecular flexibility index (Phi) is 8.08. The van der Waals surface area contributed by atoms with Gasteiger partial charge in [-0.3, -0.25) is 4.79 Å². The molecule has 0 radical (unpaired) electrons. The molecule has 0 aromatic carbocycles. The summed E-state index contributed by atoms with van der Waals surface area (Å²) in [6.45, 7) is 5.77. The Labute approximate surface area is 171 Å². The monoisotopic (exact) mass is 401 g/mol. The third-order valence-corrected chi connectivity index (χ3v) is 6.04. The SMILES string of the molecule is CCCNc1cc(N2CCCC(CCC(=O)NCCc3cccs3)C2)ncn1. The minimum atomic E-state index is 0.168. The summed E-state index contributed by atoms with van der Waals surface area (Å²) in [5, 5.41) is 8.46. The molecule has 1 unspecified atom stereocenters. The summed E-state index contributed by atoms with van der Waals surface area (Å²) in [7, 11) is 0. The van der Waals surface area contributed by atoms with Crippen molar-refractivity contribution in [2.75, 3.05) is 36.4 Å². The van der Waals surface area contributed by atoms with Crippen LogP contribution in [0.3, 0.4) is 0 Å². The van der Waals surface area contributed by atoms with Gasteiger partial charge in [-0.1, -0.05) is 13.0 Å². The predicted molar refractivity (Wildman–Crippen MR) is 116 cm³/mol. The van der Waals surface area contributed by atoms with Gasteiger partial charge in [-0.15, -0.1) is 11.3 Å². The number of thiophene rings is 1. The van der Waals surface area contributed by atoms with Crippen LogP contribution in [0, 0.1) is 5.92 Å². The van der Waals surface area contributed by atoms with Crippen LogP contribution in [0.15, 0.2) is 29.9 Å². The standard InChI is InChI=1S/C21H31N5OS/c1-2-10-22-19-14-20(25-16-24-19)26-12-3-5-17(15-26)7-8-21(27)23-11-9-18-6-4-13-28-18/h4,6,13-14,16-17H,2-3,5,7-12,15H2,1H3,(H,23,27)(H,22,24,25). The molecule has 2 aromatic heterocycles. The van der Waals surface area contributed by atoms with Crippen LogP contribution in [-0.2, 0) is 11.2 Å². The molecular weight excluding hydrogens is 370 g/mol. The van der Waals surface area contributed by atoms with Crippen molar-refractivity contribution in [3.05, 3.63) is 34.8 Å². The van der Waals surface area contributed by atoms with Gasteiger partial charge in [0, 0.05) is 43.5 Å². The predicted octanol–water partition coefficient (Wildman–Crippen LogP) is 3.72. The number of hydrogen-bond donors (Lipinski definition) is 2. The lowest BCUT2D eigenvalue weighted by Crippen LogP contribution is -2.36. The number of nitrogens with one attached hydrogen (secondary N) is 2. The van der Waals surface area contributed by atoms with E-state index >= 15 is 0 Å². The van der Waals surface area contributed by atoms with Crippen molar-refractivity contribution in [2.24, 2.45) is 5.92 Å². The van der Waals surface area contributed by atoms with Crippen LogP contribution in [0.5, 0.6) is 0 Å². The zero-order valence-corrected chi connectivity index (χ0v) is 17.5. The van der Waals surface area contributed by atoms with E-state index in [0.29, 0.717) is 12.3 Å². The summed E-state index contributed by atoms with van der Waals surface area (Å²) in [4.78, 5) is 24.6. The average molecular weight is 402 g/mol. The Morgan fingerprint density at radius 1 is 1.36 bits per heavy atom. The quantitative estimate of drug-likeness (QED) is 0.635. The lowest BCUT2D eigenvalue weighted by molar-refractivity contribution is -0.121. The van der Waals surface area contributed by atoms with E-state index < -0.39 is 0 Å². The first-order chi connectivity index (χ1) is 13.7. The Morgan fingerprint density at radius 3 is 3.11 bits per heavy atom. The van der Waals surface area contributed by atoms with E-state index in [0.717, 1.165) is 63.5 Å². The number of carbonyl (C=O) groups is 1. The summed E-state index contributed by atoms with van der Waals surface area (Å²) in [6, 6.07) is 6.20. The van der Waals surface area contributed by atoms with E-state index in [1.165, 1.54) is 11.3 Å². The number of hydrogen-bond acceptors (Lipinski definition) is 6. The summed E-state index contributed by atoms with van der Waals surface area (Å²) in [6.07, 6.45) is 7.50. The molecule has 1 aliphatic heterocycles. The fourth-order valence-electron chi connectivity index (χ4n) is 3.58. The molecule has 0 aliphatic carbocycles. The molecule has 0 spiro atoms. The van der Waals surface area contributed by atoms with Crippen molar-refractivity contribution < 1.29 is 4.79 Å². The number of amides is 1. The molecule has 3 heterocycles. The molecule has 2 aromatic rings. The van der Waals surface area contributed by atoms with Gasteiger partial charge >= 0.3 is 0 Å². The highest BCUT2D eigenvalue weighted by molar-refractivity contribution is 7.09. The minimum Gasteiger partial charge on any atom is -0.370 e. The second-order valence-corrected chi connectivity index (χ2v) is 8.39. The lowest BCUT2D eigenvalue weighted by Gasteiger charge is -2.33. The molecule has 1 atom stereocenters. The minimum absolute atomic E-state index is 0.168. The number of nitrogens with zero attached hydrogens (tertiary/aromatic N) is 3. The molecule has 1 aliphatic rings. The molecule has 0 bridgehead atoms. The summed E-state index contributed by atoms with van der Waals surface area (Å²) in [5.74, 6) is 2.58. The first kappa shape index (κ1) is 20.6. The number of aromatic nitrogens is 2. The molecule has 3 rings (SSSR count). The zero-order chi connectivity index (χ0) is 19.6. The van der Waals surface area contributed by atoms with Crippen LogP contribution in [0.1, 0.15) is 43.9 Å². The molecule has 7 heteroatoms. The van der Waals surface area contributed by atoms with E-state index in [2.05, 4.69) is 49.9 Å². The van der Waals surface area contributed by atoms with Crippen molar-refractivity contribution >= 4 is 28.9 Å². The molecule has 28 heavy (non-hydrogen) atoms. The van der Waals surface area contributed by atoms with Gasteiger partial charge in [-0.25, -0.2) is 9.97 Å². The van der Waals surface area contributed by atoms with Crippen molar-refractivity contribution in [1.29, 1.82) is 0 Å². The first-order valence-corrected chi connectivity index (χ1v) is 11.2. The van der Waals surface area contributed by atoms with E-state index in [1.807, 2.05) is 6.07 Å². The van der Waals surface area contributed by atoms with Gasteiger partial charge in [0.1, 0.15) is 18.0 Å². The maximum absolute atomic E-state index is 12.2. The molecule has 0 saturated carbocycles. The van der Waals surface area contributed by atoms with Crippen LogP contribution in [0.25, 0.3) is 0 Å². The lowest BCUT2D eigenvalue weighted by atomic mass is 9.93.